The smallest absolute Gasteiger partial charge is 0.335 e. The molecule has 0 spiro atoms. The number of benzene rings is 2. The summed E-state index contributed by atoms with van der Waals surface area (Å²) in [7, 11) is 3.12. The highest BCUT2D eigenvalue weighted by molar-refractivity contribution is 5.98. The SMILES string of the molecule is COc1cc(OC)cc([C@@H]2CCN(C(=O)c3cc(C(=O)O)cc([N+](=O)[O-])c3)C2)c1. The summed E-state index contributed by atoms with van der Waals surface area (Å²) in [4.78, 5) is 36.1. The Bertz CT molecular complexity index is 919. The molecule has 1 N–H and O–H groups in total. The molecule has 0 bridgehead atoms. The summed E-state index contributed by atoms with van der Waals surface area (Å²) in [5, 5.41) is 20.3. The lowest BCUT2D eigenvalue weighted by Gasteiger charge is -2.18. The zero-order chi connectivity index (χ0) is 21.1. The summed E-state index contributed by atoms with van der Waals surface area (Å²) in [6.07, 6.45) is 0.697. The third-order valence-electron chi connectivity index (χ3n) is 4.94. The molecule has 3 rings (SSSR count). The van der Waals surface area contributed by atoms with Crippen LogP contribution in [0.25, 0.3) is 0 Å². The molecule has 1 heterocycles. The number of nitro groups is 1. The monoisotopic (exact) mass is 400 g/mol. The maximum Gasteiger partial charge on any atom is 0.335 e. The van der Waals surface area contributed by atoms with E-state index in [-0.39, 0.29) is 17.0 Å². The van der Waals surface area contributed by atoms with Crippen molar-refractivity contribution in [2.24, 2.45) is 0 Å². The van der Waals surface area contributed by atoms with Gasteiger partial charge in [-0.25, -0.2) is 4.79 Å². The molecule has 9 heteroatoms. The zero-order valence-corrected chi connectivity index (χ0v) is 16.0. The van der Waals surface area contributed by atoms with Crippen LogP contribution < -0.4 is 9.47 Å². The predicted octanol–water partition coefficient (Wildman–Crippen LogP) is 2.94. The molecule has 0 aliphatic carbocycles. The fourth-order valence-corrected chi connectivity index (χ4v) is 3.43. The van der Waals surface area contributed by atoms with Crippen molar-refractivity contribution in [2.45, 2.75) is 12.3 Å². The summed E-state index contributed by atoms with van der Waals surface area (Å²) >= 11 is 0. The summed E-state index contributed by atoms with van der Waals surface area (Å²) in [6.45, 7) is 0.856. The molecule has 0 saturated carbocycles. The van der Waals surface area contributed by atoms with E-state index < -0.39 is 22.5 Å². The fraction of sp³-hybridized carbons (Fsp3) is 0.300. The fourth-order valence-electron chi connectivity index (χ4n) is 3.43. The van der Waals surface area contributed by atoms with Crippen LogP contribution in [0.5, 0.6) is 11.5 Å². The minimum atomic E-state index is -1.33. The van der Waals surface area contributed by atoms with Crippen molar-refractivity contribution in [3.05, 3.63) is 63.2 Å². The maximum atomic E-state index is 12.9. The van der Waals surface area contributed by atoms with Gasteiger partial charge in [0.15, 0.2) is 0 Å². The quantitative estimate of drug-likeness (QED) is 0.585. The number of nitro benzene ring substituents is 1. The van der Waals surface area contributed by atoms with E-state index in [0.29, 0.717) is 31.0 Å². The minimum absolute atomic E-state index is 0.0135. The Kier molecular flexibility index (Phi) is 5.67. The summed E-state index contributed by atoms with van der Waals surface area (Å²) in [5.41, 5.74) is 0.222. The average Bonchev–Trinajstić information content (AvgIpc) is 3.22. The first-order valence-corrected chi connectivity index (χ1v) is 8.87. The van der Waals surface area contributed by atoms with Crippen LogP contribution in [0.2, 0.25) is 0 Å². The highest BCUT2D eigenvalue weighted by atomic mass is 16.6. The van der Waals surface area contributed by atoms with Crippen LogP contribution in [0.15, 0.2) is 36.4 Å². The van der Waals surface area contributed by atoms with Crippen molar-refractivity contribution < 1.29 is 29.1 Å². The molecule has 2 aromatic carbocycles. The second-order valence-electron chi connectivity index (χ2n) is 6.71. The first kappa shape index (κ1) is 20.1. The highest BCUT2D eigenvalue weighted by Gasteiger charge is 2.30. The molecule has 2 aromatic rings. The van der Waals surface area contributed by atoms with E-state index >= 15 is 0 Å². The number of likely N-dealkylation sites (tertiary alicyclic amines) is 1. The van der Waals surface area contributed by atoms with Crippen molar-refractivity contribution in [3.8, 4) is 11.5 Å². The van der Waals surface area contributed by atoms with E-state index in [9.17, 15) is 24.8 Å². The van der Waals surface area contributed by atoms with Gasteiger partial charge < -0.3 is 19.5 Å². The van der Waals surface area contributed by atoms with E-state index in [1.165, 1.54) is 6.07 Å². The molecule has 1 fully saturated rings. The average molecular weight is 400 g/mol. The van der Waals surface area contributed by atoms with Gasteiger partial charge in [-0.05, 0) is 30.2 Å². The van der Waals surface area contributed by atoms with Gasteiger partial charge in [0.05, 0.1) is 24.7 Å². The van der Waals surface area contributed by atoms with E-state index in [0.717, 1.165) is 17.7 Å². The van der Waals surface area contributed by atoms with Crippen molar-refractivity contribution in [1.82, 2.24) is 4.90 Å². The van der Waals surface area contributed by atoms with E-state index in [2.05, 4.69) is 0 Å². The van der Waals surface area contributed by atoms with Crippen molar-refractivity contribution in [3.63, 3.8) is 0 Å². The molecule has 29 heavy (non-hydrogen) atoms. The number of carboxylic acid groups (broad SMARTS) is 1. The van der Waals surface area contributed by atoms with Crippen LogP contribution in [0.1, 0.15) is 38.6 Å². The first-order valence-electron chi connectivity index (χ1n) is 8.87. The van der Waals surface area contributed by atoms with E-state index in [1.54, 1.807) is 25.2 Å². The van der Waals surface area contributed by atoms with Crippen LogP contribution in [0, 0.1) is 10.1 Å². The van der Waals surface area contributed by atoms with Gasteiger partial charge in [0.2, 0.25) is 0 Å². The largest absolute Gasteiger partial charge is 0.497 e. The molecular formula is C20H20N2O7. The minimum Gasteiger partial charge on any atom is -0.497 e. The lowest BCUT2D eigenvalue weighted by molar-refractivity contribution is -0.384. The Morgan fingerprint density at radius 3 is 2.24 bits per heavy atom. The summed E-state index contributed by atoms with van der Waals surface area (Å²) in [5.74, 6) is -0.428. The lowest BCUT2D eigenvalue weighted by atomic mass is 9.98. The number of ether oxygens (including phenoxy) is 2. The number of hydrogen-bond acceptors (Lipinski definition) is 6. The highest BCUT2D eigenvalue weighted by Crippen LogP contribution is 2.33. The molecule has 1 amide bonds. The van der Waals surface area contributed by atoms with Crippen molar-refractivity contribution in [1.29, 1.82) is 0 Å². The van der Waals surface area contributed by atoms with Gasteiger partial charge in [0, 0.05) is 42.8 Å². The predicted molar refractivity (Wildman–Crippen MR) is 103 cm³/mol. The van der Waals surface area contributed by atoms with Gasteiger partial charge in [-0.2, -0.15) is 0 Å². The Morgan fingerprint density at radius 2 is 1.69 bits per heavy atom. The second kappa shape index (κ2) is 8.17. The molecule has 0 unspecified atom stereocenters. The number of carbonyl (C=O) groups is 2. The molecule has 9 nitrogen and oxygen atoms in total. The van der Waals surface area contributed by atoms with E-state index in [1.807, 2.05) is 12.1 Å². The van der Waals surface area contributed by atoms with Crippen LogP contribution in [0.4, 0.5) is 5.69 Å². The number of hydrogen-bond donors (Lipinski definition) is 1. The molecular weight excluding hydrogens is 380 g/mol. The third-order valence-corrected chi connectivity index (χ3v) is 4.94. The third kappa shape index (κ3) is 4.29. The van der Waals surface area contributed by atoms with Crippen molar-refractivity contribution >= 4 is 17.6 Å². The molecule has 1 saturated heterocycles. The normalized spacial score (nSPS) is 15.8. The number of rotatable bonds is 6. The molecule has 1 aliphatic heterocycles. The Balaban J connectivity index is 1.84. The summed E-state index contributed by atoms with van der Waals surface area (Å²) in [6, 6.07) is 8.75. The van der Waals surface area contributed by atoms with Crippen LogP contribution in [0.3, 0.4) is 0 Å². The molecule has 1 atom stereocenters. The molecule has 152 valence electrons. The van der Waals surface area contributed by atoms with Crippen LogP contribution in [-0.4, -0.2) is 54.1 Å². The first-order chi connectivity index (χ1) is 13.8. The van der Waals surface area contributed by atoms with Gasteiger partial charge >= 0.3 is 5.97 Å². The maximum absolute atomic E-state index is 12.9. The standard InChI is InChI=1S/C20H20N2O7/c1-28-17-8-13(9-18(10-17)29-2)12-3-4-21(11-12)19(23)14-5-15(20(24)25)7-16(6-14)22(26)27/h5-10,12H,3-4,11H2,1-2H3,(H,24,25)/t12-/m1/s1. The molecule has 0 aromatic heterocycles. The van der Waals surface area contributed by atoms with E-state index in [4.69, 9.17) is 9.47 Å². The number of nitrogens with zero attached hydrogens (tertiary/aromatic N) is 2. The van der Waals surface area contributed by atoms with Gasteiger partial charge in [0.25, 0.3) is 11.6 Å². The van der Waals surface area contributed by atoms with Gasteiger partial charge in [-0.3, -0.25) is 14.9 Å². The van der Waals surface area contributed by atoms with Crippen LogP contribution >= 0.6 is 0 Å². The number of carboxylic acids is 1. The Labute approximate surface area is 166 Å². The number of methoxy groups -OCH3 is 2. The van der Waals surface area contributed by atoms with Gasteiger partial charge in [-0.15, -0.1) is 0 Å². The second-order valence-corrected chi connectivity index (χ2v) is 6.71. The topological polar surface area (TPSA) is 119 Å². The summed E-state index contributed by atoms with van der Waals surface area (Å²) < 4.78 is 10.6. The number of aromatic carboxylic acids is 1. The number of amides is 1. The van der Waals surface area contributed by atoms with Crippen molar-refractivity contribution in [2.75, 3.05) is 27.3 Å². The zero-order valence-electron chi connectivity index (χ0n) is 16.0. The van der Waals surface area contributed by atoms with Crippen LogP contribution in [-0.2, 0) is 0 Å². The van der Waals surface area contributed by atoms with Gasteiger partial charge in [-0.1, -0.05) is 0 Å². The molecule has 1 aliphatic rings. The Hall–Kier alpha value is -3.62. The number of carbonyl (C=O) groups excluding carboxylic acids is 1. The molecule has 0 radical (unpaired) electrons. The Morgan fingerprint density at radius 1 is 1.07 bits per heavy atom. The van der Waals surface area contributed by atoms with Gasteiger partial charge in [0.1, 0.15) is 11.5 Å². The lowest BCUT2D eigenvalue weighted by Crippen LogP contribution is -2.28. The number of non-ortho nitro benzene ring substituents is 1.